The van der Waals surface area contributed by atoms with Gasteiger partial charge in [0.25, 0.3) is 11.5 Å². The molecule has 1 aliphatic heterocycles. The highest BCUT2D eigenvalue weighted by molar-refractivity contribution is 5.97. The molecule has 2 unspecified atom stereocenters. The number of hydrogen-bond donors (Lipinski definition) is 2. The van der Waals surface area contributed by atoms with Gasteiger partial charge in [-0.25, -0.2) is 0 Å². The molecular formula is C17H22ClN3O2. The van der Waals surface area contributed by atoms with Crippen LogP contribution >= 0.6 is 12.4 Å². The first kappa shape index (κ1) is 17.5. The average molecular weight is 336 g/mol. The van der Waals surface area contributed by atoms with E-state index in [0.29, 0.717) is 19.0 Å². The van der Waals surface area contributed by atoms with Crippen molar-refractivity contribution in [2.75, 3.05) is 13.1 Å². The van der Waals surface area contributed by atoms with E-state index in [1.165, 1.54) is 0 Å². The molecule has 5 nitrogen and oxygen atoms in total. The Morgan fingerprint density at radius 3 is 2.87 bits per heavy atom. The SMILES string of the molecule is CC(N)C1CCCN(C(=O)c2cc3ccccc3[nH]c2=O)C1.Cl. The van der Waals surface area contributed by atoms with Gasteiger partial charge in [0.05, 0.1) is 0 Å². The number of piperidine rings is 1. The molecule has 1 aromatic heterocycles. The lowest BCUT2D eigenvalue weighted by molar-refractivity contribution is 0.0659. The number of fused-ring (bicyclic) bond motifs is 1. The predicted octanol–water partition coefficient (Wildman–Crippen LogP) is 2.15. The lowest BCUT2D eigenvalue weighted by Gasteiger charge is -2.34. The van der Waals surface area contributed by atoms with Crippen molar-refractivity contribution < 1.29 is 4.79 Å². The van der Waals surface area contributed by atoms with Crippen molar-refractivity contribution in [3.05, 3.63) is 46.2 Å². The number of halogens is 1. The lowest BCUT2D eigenvalue weighted by Crippen LogP contribution is -2.46. The van der Waals surface area contributed by atoms with Crippen molar-refractivity contribution >= 4 is 29.2 Å². The van der Waals surface area contributed by atoms with E-state index >= 15 is 0 Å². The largest absolute Gasteiger partial charge is 0.338 e. The number of H-pyrrole nitrogens is 1. The second kappa shape index (κ2) is 7.15. The summed E-state index contributed by atoms with van der Waals surface area (Å²) in [5.41, 5.74) is 6.60. The molecule has 23 heavy (non-hydrogen) atoms. The van der Waals surface area contributed by atoms with Gasteiger partial charge in [0.15, 0.2) is 0 Å². The van der Waals surface area contributed by atoms with E-state index in [0.717, 1.165) is 23.7 Å². The van der Waals surface area contributed by atoms with Gasteiger partial charge in [0.1, 0.15) is 5.56 Å². The molecule has 0 bridgehead atoms. The Kier molecular flexibility index (Phi) is 5.44. The van der Waals surface area contributed by atoms with E-state index in [1.807, 2.05) is 31.2 Å². The number of nitrogens with zero attached hydrogens (tertiary/aromatic N) is 1. The molecule has 3 rings (SSSR count). The first-order valence-electron chi connectivity index (χ1n) is 7.73. The number of carbonyl (C=O) groups excluding carboxylic acids is 1. The first-order valence-corrected chi connectivity index (χ1v) is 7.73. The summed E-state index contributed by atoms with van der Waals surface area (Å²) < 4.78 is 0. The van der Waals surface area contributed by atoms with Gasteiger partial charge in [-0.3, -0.25) is 9.59 Å². The summed E-state index contributed by atoms with van der Waals surface area (Å²) in [6.45, 7) is 3.29. The van der Waals surface area contributed by atoms with Crippen LogP contribution in [0.1, 0.15) is 30.1 Å². The molecule has 6 heteroatoms. The molecule has 0 radical (unpaired) electrons. The summed E-state index contributed by atoms with van der Waals surface area (Å²) in [5, 5.41) is 0.867. The third kappa shape index (κ3) is 3.57. The molecule has 3 N–H and O–H groups in total. The van der Waals surface area contributed by atoms with Crippen molar-refractivity contribution in [3.8, 4) is 0 Å². The molecule has 1 fully saturated rings. The van der Waals surface area contributed by atoms with E-state index < -0.39 is 0 Å². The third-order valence-electron chi connectivity index (χ3n) is 4.47. The molecule has 1 saturated heterocycles. The molecule has 1 aliphatic rings. The minimum Gasteiger partial charge on any atom is -0.338 e. The zero-order valence-electron chi connectivity index (χ0n) is 13.1. The van der Waals surface area contributed by atoms with Crippen LogP contribution in [-0.2, 0) is 0 Å². The quantitative estimate of drug-likeness (QED) is 0.882. The summed E-state index contributed by atoms with van der Waals surface area (Å²) in [6.07, 6.45) is 1.97. The van der Waals surface area contributed by atoms with E-state index in [1.54, 1.807) is 11.0 Å². The molecule has 1 aromatic carbocycles. The van der Waals surface area contributed by atoms with Crippen LogP contribution in [0.25, 0.3) is 10.9 Å². The van der Waals surface area contributed by atoms with Gasteiger partial charge in [-0.2, -0.15) is 0 Å². The molecule has 1 amide bonds. The highest BCUT2D eigenvalue weighted by Crippen LogP contribution is 2.20. The first-order chi connectivity index (χ1) is 10.6. The lowest BCUT2D eigenvalue weighted by atomic mass is 9.92. The van der Waals surface area contributed by atoms with Crippen molar-refractivity contribution in [3.63, 3.8) is 0 Å². The van der Waals surface area contributed by atoms with Crippen molar-refractivity contribution in [1.29, 1.82) is 0 Å². The normalized spacial score (nSPS) is 19.2. The Morgan fingerprint density at radius 1 is 1.39 bits per heavy atom. The van der Waals surface area contributed by atoms with Crippen LogP contribution in [0, 0.1) is 5.92 Å². The van der Waals surface area contributed by atoms with Crippen molar-refractivity contribution in [2.45, 2.75) is 25.8 Å². The van der Waals surface area contributed by atoms with Gasteiger partial charge in [0.2, 0.25) is 0 Å². The number of aromatic nitrogens is 1. The Labute approximate surface area is 141 Å². The molecular weight excluding hydrogens is 314 g/mol. The fourth-order valence-electron chi connectivity index (χ4n) is 3.10. The number of amides is 1. The minimum atomic E-state index is -0.327. The number of carbonyl (C=O) groups is 1. The smallest absolute Gasteiger partial charge is 0.261 e. The number of aromatic amines is 1. The summed E-state index contributed by atoms with van der Waals surface area (Å²) in [5.74, 6) is 0.106. The molecule has 2 heterocycles. The Hall–Kier alpha value is -1.85. The summed E-state index contributed by atoms with van der Waals surface area (Å²) in [4.78, 5) is 29.4. The number of hydrogen-bond acceptors (Lipinski definition) is 3. The Bertz CT molecular complexity index is 757. The monoisotopic (exact) mass is 335 g/mol. The molecule has 124 valence electrons. The number of benzene rings is 1. The second-order valence-electron chi connectivity index (χ2n) is 6.11. The maximum atomic E-state index is 12.7. The van der Waals surface area contributed by atoms with E-state index in [4.69, 9.17) is 5.73 Å². The average Bonchev–Trinajstić information content (AvgIpc) is 2.53. The van der Waals surface area contributed by atoms with E-state index in [-0.39, 0.29) is 35.5 Å². The van der Waals surface area contributed by atoms with Gasteiger partial charge in [-0.15, -0.1) is 12.4 Å². The number of rotatable bonds is 2. The van der Waals surface area contributed by atoms with Crippen LogP contribution in [0.3, 0.4) is 0 Å². The summed E-state index contributed by atoms with van der Waals surface area (Å²) in [6, 6.07) is 9.22. The number of para-hydroxylation sites is 1. The van der Waals surface area contributed by atoms with Gasteiger partial charge in [0, 0.05) is 24.6 Å². The van der Waals surface area contributed by atoms with Crippen LogP contribution in [0.4, 0.5) is 0 Å². The van der Waals surface area contributed by atoms with Crippen LogP contribution in [0.2, 0.25) is 0 Å². The molecule has 2 atom stereocenters. The molecule has 0 aliphatic carbocycles. The van der Waals surface area contributed by atoms with Crippen LogP contribution in [0.5, 0.6) is 0 Å². The highest BCUT2D eigenvalue weighted by Gasteiger charge is 2.27. The fraction of sp³-hybridized carbons (Fsp3) is 0.412. The maximum absolute atomic E-state index is 12.7. The topological polar surface area (TPSA) is 79.2 Å². The highest BCUT2D eigenvalue weighted by atomic mass is 35.5. The second-order valence-corrected chi connectivity index (χ2v) is 6.11. The van der Waals surface area contributed by atoms with Gasteiger partial charge < -0.3 is 15.6 Å². The summed E-state index contributed by atoms with van der Waals surface area (Å²) >= 11 is 0. The zero-order chi connectivity index (χ0) is 15.7. The van der Waals surface area contributed by atoms with E-state index in [9.17, 15) is 9.59 Å². The summed E-state index contributed by atoms with van der Waals surface area (Å²) in [7, 11) is 0. The van der Waals surface area contributed by atoms with Gasteiger partial charge in [-0.05, 0) is 43.2 Å². The third-order valence-corrected chi connectivity index (χ3v) is 4.47. The standard InChI is InChI=1S/C17H21N3O2.ClH/c1-11(18)13-6-4-8-20(10-13)17(22)14-9-12-5-2-3-7-15(12)19-16(14)21;/h2-3,5,7,9,11,13H,4,6,8,10,18H2,1H3,(H,19,21);1H. The molecule has 0 saturated carbocycles. The minimum absolute atomic E-state index is 0. The van der Waals surface area contributed by atoms with Crippen molar-refractivity contribution in [1.82, 2.24) is 9.88 Å². The van der Waals surface area contributed by atoms with Gasteiger partial charge >= 0.3 is 0 Å². The van der Waals surface area contributed by atoms with Gasteiger partial charge in [-0.1, -0.05) is 18.2 Å². The number of pyridine rings is 1. The van der Waals surface area contributed by atoms with E-state index in [2.05, 4.69) is 4.98 Å². The zero-order valence-corrected chi connectivity index (χ0v) is 13.9. The number of likely N-dealkylation sites (tertiary alicyclic amines) is 1. The maximum Gasteiger partial charge on any atom is 0.261 e. The Morgan fingerprint density at radius 2 is 2.13 bits per heavy atom. The van der Waals surface area contributed by atoms with Crippen LogP contribution < -0.4 is 11.3 Å². The molecule has 2 aromatic rings. The molecule has 0 spiro atoms. The predicted molar refractivity (Wildman–Crippen MR) is 94.1 cm³/mol. The Balaban J connectivity index is 0.00000192. The van der Waals surface area contributed by atoms with Crippen LogP contribution in [-0.4, -0.2) is 34.9 Å². The van der Waals surface area contributed by atoms with Crippen molar-refractivity contribution in [2.24, 2.45) is 11.7 Å². The number of nitrogens with one attached hydrogen (secondary N) is 1. The van der Waals surface area contributed by atoms with Crippen LogP contribution in [0.15, 0.2) is 35.1 Å². The fourth-order valence-corrected chi connectivity index (χ4v) is 3.10. The number of nitrogens with two attached hydrogens (primary N) is 1.